The molecule has 94 valence electrons. The number of nitrogens with one attached hydrogen (secondary N) is 1. The number of methoxy groups -OCH3 is 1. The molecule has 1 rings (SSSR count). The van der Waals surface area contributed by atoms with Crippen LogP contribution in [0.1, 0.15) is 6.42 Å². The van der Waals surface area contributed by atoms with Crippen LogP contribution in [0.5, 0.6) is 0 Å². The Kier molecular flexibility index (Phi) is 5.79. The lowest BCUT2D eigenvalue weighted by atomic mass is 10.2. The summed E-state index contributed by atoms with van der Waals surface area (Å²) in [5, 5.41) is 2.65. The molecule has 1 unspecified atom stereocenters. The number of hydrogen-bond donors (Lipinski definition) is 2. The first kappa shape index (κ1) is 14.3. The van der Waals surface area contributed by atoms with Crippen LogP contribution in [0.25, 0.3) is 0 Å². The molecule has 6 heteroatoms. The summed E-state index contributed by atoms with van der Waals surface area (Å²) in [6, 6.07) is 3.52. The molecule has 1 amide bonds. The highest BCUT2D eigenvalue weighted by atomic mass is 127. The van der Waals surface area contributed by atoms with Gasteiger partial charge >= 0.3 is 0 Å². The van der Waals surface area contributed by atoms with Gasteiger partial charge in [0.2, 0.25) is 5.91 Å². The highest BCUT2D eigenvalue weighted by Crippen LogP contribution is 2.19. The molecule has 0 radical (unpaired) electrons. The van der Waals surface area contributed by atoms with E-state index in [1.807, 2.05) is 22.6 Å². The molecule has 0 saturated carbocycles. The van der Waals surface area contributed by atoms with Crippen molar-refractivity contribution in [3.8, 4) is 0 Å². The zero-order valence-corrected chi connectivity index (χ0v) is 11.5. The molecule has 0 bridgehead atoms. The number of ether oxygens (including phenoxy) is 1. The number of carbonyl (C=O) groups is 1. The van der Waals surface area contributed by atoms with Gasteiger partial charge in [-0.15, -0.1) is 0 Å². The van der Waals surface area contributed by atoms with Gasteiger partial charge in [-0.3, -0.25) is 4.79 Å². The van der Waals surface area contributed by atoms with E-state index in [1.165, 1.54) is 18.2 Å². The summed E-state index contributed by atoms with van der Waals surface area (Å²) >= 11 is 1.95. The Balaban J connectivity index is 2.61. The largest absolute Gasteiger partial charge is 0.385 e. The van der Waals surface area contributed by atoms with Crippen LogP contribution in [-0.2, 0) is 9.53 Å². The Labute approximate surface area is 113 Å². The van der Waals surface area contributed by atoms with Crippen LogP contribution in [0.4, 0.5) is 10.1 Å². The van der Waals surface area contributed by atoms with Crippen molar-refractivity contribution in [2.45, 2.75) is 12.5 Å². The van der Waals surface area contributed by atoms with Crippen LogP contribution in [-0.4, -0.2) is 25.7 Å². The number of rotatable bonds is 5. The van der Waals surface area contributed by atoms with E-state index in [4.69, 9.17) is 10.5 Å². The van der Waals surface area contributed by atoms with Gasteiger partial charge in [0.1, 0.15) is 5.82 Å². The van der Waals surface area contributed by atoms with Crippen LogP contribution in [0.3, 0.4) is 0 Å². The van der Waals surface area contributed by atoms with E-state index in [0.717, 1.165) is 0 Å². The minimum absolute atomic E-state index is 0.299. The molecular weight excluding hydrogens is 338 g/mol. The molecule has 3 N–H and O–H groups in total. The Morgan fingerprint density at radius 3 is 2.94 bits per heavy atom. The van der Waals surface area contributed by atoms with Gasteiger partial charge in [0.25, 0.3) is 0 Å². The minimum atomic E-state index is -0.629. The molecule has 0 spiro atoms. The van der Waals surface area contributed by atoms with E-state index in [1.54, 1.807) is 7.11 Å². The van der Waals surface area contributed by atoms with Gasteiger partial charge in [-0.1, -0.05) is 0 Å². The SMILES string of the molecule is COCCC(N)C(=O)Nc1ccc(F)cc1I. The molecule has 1 aromatic carbocycles. The average Bonchev–Trinajstić information content (AvgIpc) is 2.29. The Hall–Kier alpha value is -0.730. The van der Waals surface area contributed by atoms with Gasteiger partial charge in [-0.05, 0) is 47.2 Å². The summed E-state index contributed by atoms with van der Waals surface area (Å²) in [6.45, 7) is 0.426. The molecule has 1 aromatic rings. The maximum absolute atomic E-state index is 12.9. The van der Waals surface area contributed by atoms with Gasteiger partial charge in [0, 0.05) is 17.3 Å². The van der Waals surface area contributed by atoms with Crippen molar-refractivity contribution in [2.24, 2.45) is 5.73 Å². The molecule has 0 aliphatic rings. The summed E-state index contributed by atoms with van der Waals surface area (Å²) in [5.41, 5.74) is 6.22. The molecule has 4 nitrogen and oxygen atoms in total. The van der Waals surface area contributed by atoms with Crippen molar-refractivity contribution in [2.75, 3.05) is 19.0 Å². The third kappa shape index (κ3) is 4.57. The molecule has 0 aliphatic heterocycles. The number of nitrogens with two attached hydrogens (primary N) is 1. The minimum Gasteiger partial charge on any atom is -0.385 e. The second-order valence-corrected chi connectivity index (χ2v) is 4.66. The first-order chi connectivity index (χ1) is 8.04. The molecular formula is C11H14FIN2O2. The number of anilines is 1. The predicted molar refractivity (Wildman–Crippen MR) is 72.2 cm³/mol. The van der Waals surface area contributed by atoms with Crippen molar-refractivity contribution < 1.29 is 13.9 Å². The van der Waals surface area contributed by atoms with Gasteiger partial charge in [0.15, 0.2) is 0 Å². The van der Waals surface area contributed by atoms with Crippen molar-refractivity contribution in [1.82, 2.24) is 0 Å². The number of carbonyl (C=O) groups excluding carboxylic acids is 1. The third-order valence-corrected chi connectivity index (χ3v) is 3.05. The monoisotopic (exact) mass is 352 g/mol. The topological polar surface area (TPSA) is 64.3 Å². The molecule has 0 saturated heterocycles. The van der Waals surface area contributed by atoms with Crippen LogP contribution >= 0.6 is 22.6 Å². The molecule has 1 atom stereocenters. The average molecular weight is 352 g/mol. The van der Waals surface area contributed by atoms with E-state index in [0.29, 0.717) is 22.3 Å². The fourth-order valence-electron chi connectivity index (χ4n) is 1.19. The van der Waals surface area contributed by atoms with Crippen LogP contribution in [0.15, 0.2) is 18.2 Å². The van der Waals surface area contributed by atoms with Crippen molar-refractivity contribution in [3.63, 3.8) is 0 Å². The van der Waals surface area contributed by atoms with Gasteiger partial charge in [-0.2, -0.15) is 0 Å². The lowest BCUT2D eigenvalue weighted by Crippen LogP contribution is -2.36. The molecule has 0 fully saturated rings. The van der Waals surface area contributed by atoms with Crippen molar-refractivity contribution in [1.29, 1.82) is 0 Å². The second-order valence-electron chi connectivity index (χ2n) is 3.50. The van der Waals surface area contributed by atoms with Crippen molar-refractivity contribution in [3.05, 3.63) is 27.6 Å². The van der Waals surface area contributed by atoms with E-state index in [2.05, 4.69) is 5.32 Å². The van der Waals surface area contributed by atoms with Crippen LogP contribution in [0.2, 0.25) is 0 Å². The van der Waals surface area contributed by atoms with Crippen LogP contribution in [0, 0.1) is 9.39 Å². The zero-order valence-electron chi connectivity index (χ0n) is 9.37. The first-order valence-electron chi connectivity index (χ1n) is 5.05. The summed E-state index contributed by atoms with van der Waals surface area (Å²) < 4.78 is 18.3. The van der Waals surface area contributed by atoms with E-state index in [-0.39, 0.29) is 11.7 Å². The maximum Gasteiger partial charge on any atom is 0.241 e. The fraction of sp³-hybridized carbons (Fsp3) is 0.364. The molecule has 0 heterocycles. The van der Waals surface area contributed by atoms with Gasteiger partial charge in [-0.25, -0.2) is 4.39 Å². The molecule has 0 aromatic heterocycles. The fourth-order valence-corrected chi connectivity index (χ4v) is 1.80. The van der Waals surface area contributed by atoms with Gasteiger partial charge in [0.05, 0.1) is 11.7 Å². The summed E-state index contributed by atoms with van der Waals surface area (Å²) in [4.78, 5) is 11.7. The predicted octanol–water partition coefficient (Wildman–Crippen LogP) is 1.73. The summed E-state index contributed by atoms with van der Waals surface area (Å²) in [6.07, 6.45) is 0.445. The van der Waals surface area contributed by atoms with Crippen molar-refractivity contribution >= 4 is 34.2 Å². The normalized spacial score (nSPS) is 12.2. The van der Waals surface area contributed by atoms with Gasteiger partial charge < -0.3 is 15.8 Å². The quantitative estimate of drug-likeness (QED) is 0.794. The maximum atomic E-state index is 12.9. The number of benzene rings is 1. The molecule has 17 heavy (non-hydrogen) atoms. The van der Waals surface area contributed by atoms with E-state index < -0.39 is 6.04 Å². The smallest absolute Gasteiger partial charge is 0.241 e. The zero-order chi connectivity index (χ0) is 12.8. The van der Waals surface area contributed by atoms with Crippen LogP contribution < -0.4 is 11.1 Å². The Bertz CT molecular complexity index is 401. The highest BCUT2D eigenvalue weighted by molar-refractivity contribution is 14.1. The summed E-state index contributed by atoms with van der Waals surface area (Å²) in [7, 11) is 1.55. The first-order valence-corrected chi connectivity index (χ1v) is 6.13. The standard InChI is InChI=1S/C11H14FIN2O2/c1-17-5-4-9(14)11(16)15-10-3-2-7(12)6-8(10)13/h2-3,6,9H,4-5,14H2,1H3,(H,15,16). The highest BCUT2D eigenvalue weighted by Gasteiger charge is 2.14. The summed E-state index contributed by atoms with van der Waals surface area (Å²) in [5.74, 6) is -0.636. The second kappa shape index (κ2) is 6.87. The number of halogens is 2. The third-order valence-electron chi connectivity index (χ3n) is 2.16. The number of amides is 1. The number of hydrogen-bond acceptors (Lipinski definition) is 3. The Morgan fingerprint density at radius 1 is 1.65 bits per heavy atom. The Morgan fingerprint density at radius 2 is 2.35 bits per heavy atom. The van der Waals surface area contributed by atoms with E-state index >= 15 is 0 Å². The lowest BCUT2D eigenvalue weighted by Gasteiger charge is -2.12. The molecule has 0 aliphatic carbocycles. The van der Waals surface area contributed by atoms with E-state index in [9.17, 15) is 9.18 Å². The lowest BCUT2D eigenvalue weighted by molar-refractivity contribution is -0.117.